The number of alkyl halides is 3. The van der Waals surface area contributed by atoms with Gasteiger partial charge in [0.1, 0.15) is 0 Å². The summed E-state index contributed by atoms with van der Waals surface area (Å²) in [6, 6.07) is 10.3. The Balaban J connectivity index is 1.89. The Morgan fingerprint density at radius 3 is 2.48 bits per heavy atom. The van der Waals surface area contributed by atoms with E-state index in [0.29, 0.717) is 30.0 Å². The number of benzene rings is 2. The Hall–Kier alpha value is -2.96. The van der Waals surface area contributed by atoms with Crippen molar-refractivity contribution in [3.8, 4) is 11.5 Å². The molecule has 144 valence electrons. The summed E-state index contributed by atoms with van der Waals surface area (Å²) in [6.45, 7) is 0.376. The SMILES string of the molecule is COc1ccc(CCNC(=O)/C=C/c2cccc(C(F)(F)F)c2)cc1OC. The van der Waals surface area contributed by atoms with Gasteiger partial charge in [-0.2, -0.15) is 13.2 Å². The number of ether oxygens (including phenoxy) is 2. The fourth-order valence-electron chi connectivity index (χ4n) is 2.42. The normalized spacial score (nSPS) is 11.4. The maximum absolute atomic E-state index is 12.7. The van der Waals surface area contributed by atoms with E-state index < -0.39 is 11.7 Å². The number of nitrogens with one attached hydrogen (secondary N) is 1. The van der Waals surface area contributed by atoms with Crippen molar-refractivity contribution in [1.82, 2.24) is 5.32 Å². The first-order valence-corrected chi connectivity index (χ1v) is 8.17. The Morgan fingerprint density at radius 2 is 1.81 bits per heavy atom. The summed E-state index contributed by atoms with van der Waals surface area (Å²) in [5, 5.41) is 2.69. The predicted molar refractivity (Wildman–Crippen MR) is 96.7 cm³/mol. The van der Waals surface area contributed by atoms with Crippen LogP contribution in [-0.4, -0.2) is 26.7 Å². The molecule has 0 unspecified atom stereocenters. The molecule has 0 aliphatic heterocycles. The third-order valence-electron chi connectivity index (χ3n) is 3.80. The van der Waals surface area contributed by atoms with Gasteiger partial charge in [-0.25, -0.2) is 0 Å². The molecule has 2 rings (SSSR count). The number of halogens is 3. The summed E-state index contributed by atoms with van der Waals surface area (Å²) in [6.07, 6.45) is -1.28. The molecule has 1 amide bonds. The van der Waals surface area contributed by atoms with Crippen molar-refractivity contribution in [2.24, 2.45) is 0 Å². The first-order valence-electron chi connectivity index (χ1n) is 8.17. The summed E-state index contributed by atoms with van der Waals surface area (Å²) in [7, 11) is 3.09. The molecule has 0 aromatic heterocycles. The molecule has 0 atom stereocenters. The second-order valence-electron chi connectivity index (χ2n) is 5.69. The standard InChI is InChI=1S/C20H20F3NO3/c1-26-17-8-6-15(13-18(17)27-2)10-11-24-19(25)9-7-14-4-3-5-16(12-14)20(21,22)23/h3-9,12-13H,10-11H2,1-2H3,(H,24,25)/b9-7+. The van der Waals surface area contributed by atoms with Gasteiger partial charge >= 0.3 is 6.18 Å². The van der Waals surface area contributed by atoms with E-state index >= 15 is 0 Å². The van der Waals surface area contributed by atoms with Crippen LogP contribution < -0.4 is 14.8 Å². The summed E-state index contributed by atoms with van der Waals surface area (Å²) < 4.78 is 48.4. The van der Waals surface area contributed by atoms with Gasteiger partial charge < -0.3 is 14.8 Å². The number of hydrogen-bond donors (Lipinski definition) is 1. The number of rotatable bonds is 7. The Bertz CT molecular complexity index is 816. The molecule has 7 heteroatoms. The van der Waals surface area contributed by atoms with Crippen molar-refractivity contribution < 1.29 is 27.4 Å². The molecule has 0 aliphatic carbocycles. The monoisotopic (exact) mass is 379 g/mol. The molecule has 0 heterocycles. The zero-order valence-electron chi connectivity index (χ0n) is 15.0. The first kappa shape index (κ1) is 20.4. The smallest absolute Gasteiger partial charge is 0.416 e. The lowest BCUT2D eigenvalue weighted by molar-refractivity contribution is -0.137. The van der Waals surface area contributed by atoms with E-state index in [4.69, 9.17) is 9.47 Å². The van der Waals surface area contributed by atoms with Gasteiger partial charge in [0.05, 0.1) is 19.8 Å². The van der Waals surface area contributed by atoms with Gasteiger partial charge in [-0.3, -0.25) is 4.79 Å². The minimum Gasteiger partial charge on any atom is -0.493 e. The van der Waals surface area contributed by atoms with Crippen molar-refractivity contribution in [3.63, 3.8) is 0 Å². The zero-order chi connectivity index (χ0) is 19.9. The Labute approximate surface area is 155 Å². The summed E-state index contributed by atoms with van der Waals surface area (Å²) in [5.74, 6) is 0.841. The molecule has 0 saturated heterocycles. The van der Waals surface area contributed by atoms with Gasteiger partial charge in [0, 0.05) is 12.6 Å². The van der Waals surface area contributed by atoms with Crippen LogP contribution in [0.3, 0.4) is 0 Å². The van der Waals surface area contributed by atoms with Gasteiger partial charge in [0.2, 0.25) is 5.91 Å². The Kier molecular flexibility index (Phi) is 6.87. The number of carbonyl (C=O) groups excluding carboxylic acids is 1. The molecule has 0 spiro atoms. The van der Waals surface area contributed by atoms with Gasteiger partial charge in [0.25, 0.3) is 0 Å². The number of methoxy groups -OCH3 is 2. The molecule has 0 bridgehead atoms. The molecule has 0 fully saturated rings. The molecular formula is C20H20F3NO3. The summed E-state index contributed by atoms with van der Waals surface area (Å²) >= 11 is 0. The van der Waals surface area contributed by atoms with Gasteiger partial charge in [-0.05, 0) is 47.9 Å². The van der Waals surface area contributed by atoms with Crippen LogP contribution in [0, 0.1) is 0 Å². The highest BCUT2D eigenvalue weighted by molar-refractivity contribution is 5.91. The number of amides is 1. The predicted octanol–water partition coefficient (Wildman–Crippen LogP) is 4.09. The van der Waals surface area contributed by atoms with Crippen LogP contribution in [-0.2, 0) is 17.4 Å². The molecule has 2 aromatic carbocycles. The molecular weight excluding hydrogens is 359 g/mol. The molecule has 0 saturated carbocycles. The van der Waals surface area contributed by atoms with Gasteiger partial charge in [-0.15, -0.1) is 0 Å². The van der Waals surface area contributed by atoms with Gasteiger partial charge in [-0.1, -0.05) is 18.2 Å². The van der Waals surface area contributed by atoms with Crippen LogP contribution in [0.1, 0.15) is 16.7 Å². The number of carbonyl (C=O) groups is 1. The van der Waals surface area contributed by atoms with Crippen molar-refractivity contribution >= 4 is 12.0 Å². The summed E-state index contributed by atoms with van der Waals surface area (Å²) in [5.41, 5.74) is 0.508. The lowest BCUT2D eigenvalue weighted by Crippen LogP contribution is -2.23. The second kappa shape index (κ2) is 9.12. The fraction of sp³-hybridized carbons (Fsp3) is 0.250. The largest absolute Gasteiger partial charge is 0.493 e. The lowest BCUT2D eigenvalue weighted by Gasteiger charge is -2.09. The molecule has 2 aromatic rings. The van der Waals surface area contributed by atoms with E-state index in [1.807, 2.05) is 12.1 Å². The van der Waals surface area contributed by atoms with Gasteiger partial charge in [0.15, 0.2) is 11.5 Å². The zero-order valence-corrected chi connectivity index (χ0v) is 15.0. The quantitative estimate of drug-likeness (QED) is 0.737. The average Bonchev–Trinajstić information content (AvgIpc) is 2.65. The Morgan fingerprint density at radius 1 is 1.07 bits per heavy atom. The third-order valence-corrected chi connectivity index (χ3v) is 3.80. The van der Waals surface area contributed by atoms with E-state index in [9.17, 15) is 18.0 Å². The average molecular weight is 379 g/mol. The molecule has 0 radical (unpaired) electrons. The van der Waals surface area contributed by atoms with Crippen molar-refractivity contribution in [2.75, 3.05) is 20.8 Å². The summed E-state index contributed by atoms with van der Waals surface area (Å²) in [4.78, 5) is 11.8. The highest BCUT2D eigenvalue weighted by Gasteiger charge is 2.30. The van der Waals surface area contributed by atoms with Crippen LogP contribution in [0.5, 0.6) is 11.5 Å². The first-order chi connectivity index (χ1) is 12.8. The van der Waals surface area contributed by atoms with E-state index in [1.165, 1.54) is 24.3 Å². The van der Waals surface area contributed by atoms with Crippen molar-refractivity contribution in [2.45, 2.75) is 12.6 Å². The van der Waals surface area contributed by atoms with Crippen LogP contribution in [0.4, 0.5) is 13.2 Å². The number of hydrogen-bond acceptors (Lipinski definition) is 3. The minimum absolute atomic E-state index is 0.305. The highest BCUT2D eigenvalue weighted by atomic mass is 19.4. The molecule has 4 nitrogen and oxygen atoms in total. The third kappa shape index (κ3) is 6.06. The maximum Gasteiger partial charge on any atom is 0.416 e. The second-order valence-corrected chi connectivity index (χ2v) is 5.69. The van der Waals surface area contributed by atoms with E-state index in [0.717, 1.165) is 17.7 Å². The van der Waals surface area contributed by atoms with Crippen LogP contribution in [0.15, 0.2) is 48.5 Å². The van der Waals surface area contributed by atoms with E-state index in [2.05, 4.69) is 5.32 Å². The minimum atomic E-state index is -4.41. The highest BCUT2D eigenvalue weighted by Crippen LogP contribution is 2.30. The van der Waals surface area contributed by atoms with Crippen molar-refractivity contribution in [1.29, 1.82) is 0 Å². The van der Waals surface area contributed by atoms with Crippen LogP contribution in [0.2, 0.25) is 0 Å². The maximum atomic E-state index is 12.7. The fourth-order valence-corrected chi connectivity index (χ4v) is 2.42. The van der Waals surface area contributed by atoms with E-state index in [-0.39, 0.29) is 5.91 Å². The molecule has 27 heavy (non-hydrogen) atoms. The van der Waals surface area contributed by atoms with E-state index in [1.54, 1.807) is 20.3 Å². The van der Waals surface area contributed by atoms with Crippen LogP contribution >= 0.6 is 0 Å². The van der Waals surface area contributed by atoms with Crippen molar-refractivity contribution in [3.05, 3.63) is 65.2 Å². The molecule has 0 aliphatic rings. The topological polar surface area (TPSA) is 47.6 Å². The lowest BCUT2D eigenvalue weighted by atomic mass is 10.1. The van der Waals surface area contributed by atoms with Crippen LogP contribution in [0.25, 0.3) is 6.08 Å². The molecule has 1 N–H and O–H groups in total.